The van der Waals surface area contributed by atoms with E-state index in [4.69, 9.17) is 4.74 Å². The summed E-state index contributed by atoms with van der Waals surface area (Å²) in [5, 5.41) is 2.85. The summed E-state index contributed by atoms with van der Waals surface area (Å²) in [6.07, 6.45) is 0. The van der Waals surface area contributed by atoms with Crippen LogP contribution in [0.1, 0.15) is 27.4 Å². The first-order chi connectivity index (χ1) is 10.2. The van der Waals surface area contributed by atoms with Crippen LogP contribution in [0.25, 0.3) is 0 Å². The summed E-state index contributed by atoms with van der Waals surface area (Å²) in [6.45, 7) is 0.463. The highest BCUT2D eigenvalue weighted by Crippen LogP contribution is 2.49. The monoisotopic (exact) mass is 279 g/mol. The summed E-state index contributed by atoms with van der Waals surface area (Å²) in [5.41, 5.74) is 0.907. The number of fused-ring (bicyclic) bond motifs is 2. The van der Waals surface area contributed by atoms with Crippen molar-refractivity contribution in [1.29, 1.82) is 0 Å². The van der Waals surface area contributed by atoms with E-state index in [1.54, 1.807) is 18.2 Å². The predicted molar refractivity (Wildman–Crippen MR) is 75.7 cm³/mol. The second-order valence-corrected chi connectivity index (χ2v) is 5.34. The number of hydrogen-bond donors (Lipinski definition) is 1. The molecule has 2 unspecified atom stereocenters. The molecule has 0 aliphatic carbocycles. The van der Waals surface area contributed by atoms with Crippen molar-refractivity contribution in [2.24, 2.45) is 0 Å². The summed E-state index contributed by atoms with van der Waals surface area (Å²) in [4.78, 5) is 24.6. The number of rotatable bonds is 1. The third kappa shape index (κ3) is 1.50. The van der Waals surface area contributed by atoms with Crippen molar-refractivity contribution in [3.63, 3.8) is 0 Å². The topological polar surface area (TPSA) is 55.4 Å². The van der Waals surface area contributed by atoms with E-state index in [0.29, 0.717) is 17.7 Å². The van der Waals surface area contributed by atoms with Crippen LogP contribution in [-0.2, 0) is 15.1 Å². The fourth-order valence-corrected chi connectivity index (χ4v) is 3.33. The van der Waals surface area contributed by atoms with Gasteiger partial charge in [-0.3, -0.25) is 4.79 Å². The molecule has 4 nitrogen and oxygen atoms in total. The molecule has 1 N–H and O–H groups in total. The minimum Gasteiger partial charge on any atom is -0.440 e. The molecule has 2 heterocycles. The van der Waals surface area contributed by atoms with Gasteiger partial charge in [-0.25, -0.2) is 4.79 Å². The highest BCUT2D eigenvalue weighted by molar-refractivity contribution is 6.03. The van der Waals surface area contributed by atoms with Gasteiger partial charge in [0.1, 0.15) is 0 Å². The number of carbonyl (C=O) groups excluding carboxylic acids is 2. The van der Waals surface area contributed by atoms with Crippen LogP contribution in [0, 0.1) is 0 Å². The van der Waals surface area contributed by atoms with Gasteiger partial charge in [0, 0.05) is 12.1 Å². The van der Waals surface area contributed by atoms with Gasteiger partial charge in [-0.05, 0) is 11.6 Å². The SMILES string of the molecule is O=C1OC2(C(=O)NCC2c2ccccc2)c2ccccc21. The molecule has 104 valence electrons. The normalized spacial score (nSPS) is 26.6. The summed E-state index contributed by atoms with van der Waals surface area (Å²) in [7, 11) is 0. The fraction of sp³-hybridized carbons (Fsp3) is 0.176. The Bertz CT molecular complexity index is 741. The van der Waals surface area contributed by atoms with Crippen molar-refractivity contribution in [2.75, 3.05) is 6.54 Å². The van der Waals surface area contributed by atoms with E-state index in [0.717, 1.165) is 5.56 Å². The predicted octanol–water partition coefficient (Wildman–Crippen LogP) is 1.97. The molecule has 4 rings (SSSR count). The Hall–Kier alpha value is -2.62. The lowest BCUT2D eigenvalue weighted by molar-refractivity contribution is -0.136. The molecule has 0 bridgehead atoms. The van der Waals surface area contributed by atoms with Gasteiger partial charge in [0.2, 0.25) is 5.60 Å². The molecular formula is C17H13NO3. The zero-order valence-corrected chi connectivity index (χ0v) is 11.2. The van der Waals surface area contributed by atoms with Crippen LogP contribution >= 0.6 is 0 Å². The molecule has 1 amide bonds. The Morgan fingerprint density at radius 1 is 1.00 bits per heavy atom. The van der Waals surface area contributed by atoms with Gasteiger partial charge in [-0.2, -0.15) is 0 Å². The van der Waals surface area contributed by atoms with E-state index in [1.165, 1.54) is 0 Å². The van der Waals surface area contributed by atoms with Crippen molar-refractivity contribution < 1.29 is 14.3 Å². The number of hydrogen-bond acceptors (Lipinski definition) is 3. The highest BCUT2D eigenvalue weighted by atomic mass is 16.6. The number of amides is 1. The lowest BCUT2D eigenvalue weighted by Crippen LogP contribution is -2.39. The third-order valence-corrected chi connectivity index (χ3v) is 4.30. The van der Waals surface area contributed by atoms with Gasteiger partial charge in [0.25, 0.3) is 5.91 Å². The largest absolute Gasteiger partial charge is 0.440 e. The van der Waals surface area contributed by atoms with Crippen LogP contribution in [0.2, 0.25) is 0 Å². The Balaban J connectivity index is 1.93. The molecule has 21 heavy (non-hydrogen) atoms. The standard InChI is InChI=1S/C17H13NO3/c19-15-12-8-4-5-9-13(12)17(21-15)14(10-18-16(17)20)11-6-2-1-3-7-11/h1-9,14H,10H2,(H,18,20). The Labute approximate surface area is 121 Å². The summed E-state index contributed by atoms with van der Waals surface area (Å²) in [6, 6.07) is 16.8. The first kappa shape index (κ1) is 12.1. The van der Waals surface area contributed by atoms with Gasteiger partial charge >= 0.3 is 5.97 Å². The van der Waals surface area contributed by atoms with Crippen molar-refractivity contribution in [1.82, 2.24) is 5.32 Å². The van der Waals surface area contributed by atoms with Crippen molar-refractivity contribution >= 4 is 11.9 Å². The second-order valence-electron chi connectivity index (χ2n) is 5.34. The van der Waals surface area contributed by atoms with E-state index in [2.05, 4.69) is 5.32 Å². The van der Waals surface area contributed by atoms with E-state index < -0.39 is 11.6 Å². The van der Waals surface area contributed by atoms with Crippen LogP contribution in [-0.4, -0.2) is 18.4 Å². The van der Waals surface area contributed by atoms with Gasteiger partial charge in [0.05, 0.1) is 11.5 Å². The molecule has 2 aromatic rings. The van der Waals surface area contributed by atoms with E-state index in [9.17, 15) is 9.59 Å². The maximum absolute atomic E-state index is 12.5. The minimum atomic E-state index is -1.23. The van der Waals surface area contributed by atoms with E-state index in [1.807, 2.05) is 36.4 Å². The van der Waals surface area contributed by atoms with Gasteiger partial charge in [-0.15, -0.1) is 0 Å². The first-order valence-electron chi connectivity index (χ1n) is 6.89. The Morgan fingerprint density at radius 3 is 2.52 bits per heavy atom. The number of carbonyl (C=O) groups is 2. The van der Waals surface area contributed by atoms with Crippen molar-refractivity contribution in [2.45, 2.75) is 11.5 Å². The third-order valence-electron chi connectivity index (χ3n) is 4.30. The quantitative estimate of drug-likeness (QED) is 0.812. The maximum Gasteiger partial charge on any atom is 0.340 e. The Kier molecular flexibility index (Phi) is 2.42. The van der Waals surface area contributed by atoms with Gasteiger partial charge in [0.15, 0.2) is 0 Å². The second kappa shape index (κ2) is 4.19. The van der Waals surface area contributed by atoms with E-state index in [-0.39, 0.29) is 11.8 Å². The Morgan fingerprint density at radius 2 is 1.71 bits per heavy atom. The molecule has 0 aromatic heterocycles. The molecule has 1 fully saturated rings. The molecule has 2 aromatic carbocycles. The van der Waals surface area contributed by atoms with Crippen LogP contribution < -0.4 is 5.32 Å². The molecule has 2 aliphatic rings. The summed E-state index contributed by atoms with van der Waals surface area (Å²) >= 11 is 0. The van der Waals surface area contributed by atoms with Crippen LogP contribution in [0.4, 0.5) is 0 Å². The first-order valence-corrected chi connectivity index (χ1v) is 6.89. The van der Waals surface area contributed by atoms with Crippen molar-refractivity contribution in [3.05, 3.63) is 71.3 Å². The average molecular weight is 279 g/mol. The lowest BCUT2D eigenvalue weighted by Gasteiger charge is -2.27. The summed E-state index contributed by atoms with van der Waals surface area (Å²) in [5.74, 6) is -0.878. The van der Waals surface area contributed by atoms with Gasteiger partial charge in [-0.1, -0.05) is 48.5 Å². The molecule has 4 heteroatoms. The maximum atomic E-state index is 12.5. The van der Waals surface area contributed by atoms with Gasteiger partial charge < -0.3 is 10.1 Å². The van der Waals surface area contributed by atoms with Crippen LogP contribution in [0.15, 0.2) is 54.6 Å². The average Bonchev–Trinajstić information content (AvgIpc) is 3.01. The van der Waals surface area contributed by atoms with Crippen molar-refractivity contribution in [3.8, 4) is 0 Å². The van der Waals surface area contributed by atoms with E-state index >= 15 is 0 Å². The number of benzene rings is 2. The summed E-state index contributed by atoms with van der Waals surface area (Å²) < 4.78 is 5.61. The molecular weight excluding hydrogens is 266 g/mol. The number of esters is 1. The molecule has 0 saturated carbocycles. The smallest absolute Gasteiger partial charge is 0.340 e. The molecule has 1 saturated heterocycles. The zero-order valence-electron chi connectivity index (χ0n) is 11.2. The zero-order chi connectivity index (χ0) is 14.4. The number of nitrogens with one attached hydrogen (secondary N) is 1. The van der Waals surface area contributed by atoms with Crippen LogP contribution in [0.3, 0.4) is 0 Å². The molecule has 2 atom stereocenters. The van der Waals surface area contributed by atoms with Crippen LogP contribution in [0.5, 0.6) is 0 Å². The lowest BCUT2D eigenvalue weighted by atomic mass is 9.79. The number of ether oxygens (including phenoxy) is 1. The molecule has 1 spiro atoms. The highest BCUT2D eigenvalue weighted by Gasteiger charge is 2.60. The molecule has 2 aliphatic heterocycles. The minimum absolute atomic E-state index is 0.209. The molecule has 0 radical (unpaired) electrons. The fourth-order valence-electron chi connectivity index (χ4n) is 3.33.